The molecule has 0 fully saturated rings. The van der Waals surface area contributed by atoms with Crippen molar-refractivity contribution >= 4 is 40.4 Å². The fraction of sp³-hybridized carbons (Fsp3) is 0.167. The molecule has 0 spiro atoms. The summed E-state index contributed by atoms with van der Waals surface area (Å²) in [6.07, 6.45) is 2.07. The first-order valence-electron chi connectivity index (χ1n) is 9.63. The number of rotatable bonds is 4. The number of halogens is 2. The topological polar surface area (TPSA) is 46.4 Å². The van der Waals surface area contributed by atoms with Crippen LogP contribution in [0.1, 0.15) is 22.4 Å². The number of aryl methyl sites for hydroxylation is 3. The van der Waals surface area contributed by atoms with Gasteiger partial charge in [-0.25, -0.2) is 4.98 Å². The minimum Gasteiger partial charge on any atom is -0.323 e. The summed E-state index contributed by atoms with van der Waals surface area (Å²) in [4.78, 5) is 17.8. The lowest BCUT2D eigenvalue weighted by molar-refractivity contribution is -0.115. The summed E-state index contributed by atoms with van der Waals surface area (Å²) in [7, 11) is 0. The monoisotopic (exact) mass is 437 g/mol. The summed E-state index contributed by atoms with van der Waals surface area (Å²) in [6, 6.07) is 15.3. The highest BCUT2D eigenvalue weighted by molar-refractivity contribution is 6.39. The molecular weight excluding hydrogens is 417 g/mol. The Morgan fingerprint density at radius 1 is 0.967 bits per heavy atom. The van der Waals surface area contributed by atoms with Crippen molar-refractivity contribution in [1.82, 2.24) is 9.38 Å². The predicted octanol–water partition coefficient (Wildman–Crippen LogP) is 6.41. The van der Waals surface area contributed by atoms with E-state index in [-0.39, 0.29) is 12.3 Å². The van der Waals surface area contributed by atoms with E-state index in [1.54, 1.807) is 18.2 Å². The molecule has 30 heavy (non-hydrogen) atoms. The zero-order valence-corrected chi connectivity index (χ0v) is 18.5. The molecule has 4 rings (SSSR count). The number of carbonyl (C=O) groups excluding carboxylic acids is 1. The van der Waals surface area contributed by atoms with Crippen LogP contribution in [0.5, 0.6) is 0 Å². The molecule has 0 bridgehead atoms. The molecule has 152 valence electrons. The molecule has 0 aliphatic carbocycles. The standard InChI is InChI=1S/C24H21Cl2N3O/c1-14-9-10-17(12-16(14)3)22-20(29-11-5-6-15(2)24(29)28-22)13-21(30)27-23-18(25)7-4-8-19(23)26/h4-12H,13H2,1-3H3,(H,27,30). The Labute approximate surface area is 185 Å². The van der Waals surface area contributed by atoms with Crippen molar-refractivity contribution in [2.75, 3.05) is 5.32 Å². The summed E-state index contributed by atoms with van der Waals surface area (Å²) in [5.74, 6) is -0.210. The van der Waals surface area contributed by atoms with E-state index in [0.717, 1.165) is 28.2 Å². The van der Waals surface area contributed by atoms with E-state index < -0.39 is 0 Å². The molecule has 0 unspecified atom stereocenters. The van der Waals surface area contributed by atoms with Gasteiger partial charge in [-0.15, -0.1) is 0 Å². The molecule has 0 aliphatic heterocycles. The number of hydrogen-bond acceptors (Lipinski definition) is 2. The Morgan fingerprint density at radius 2 is 1.70 bits per heavy atom. The van der Waals surface area contributed by atoms with Gasteiger partial charge in [-0.2, -0.15) is 0 Å². The van der Waals surface area contributed by atoms with Gasteiger partial charge in [0.2, 0.25) is 5.91 Å². The molecule has 0 aliphatic rings. The molecule has 2 heterocycles. The second-order valence-electron chi connectivity index (χ2n) is 7.41. The van der Waals surface area contributed by atoms with Crippen LogP contribution in [0.25, 0.3) is 16.9 Å². The van der Waals surface area contributed by atoms with Crippen LogP contribution in [0.4, 0.5) is 5.69 Å². The van der Waals surface area contributed by atoms with Gasteiger partial charge in [0.05, 0.1) is 33.5 Å². The fourth-order valence-corrected chi connectivity index (χ4v) is 3.99. The second kappa shape index (κ2) is 8.13. The normalized spacial score (nSPS) is 11.1. The second-order valence-corrected chi connectivity index (χ2v) is 8.23. The summed E-state index contributed by atoms with van der Waals surface area (Å²) in [5.41, 5.74) is 7.30. The SMILES string of the molecule is Cc1ccc(-c2nc3c(C)cccn3c2CC(=O)Nc2c(Cl)cccc2Cl)cc1C. The maximum absolute atomic E-state index is 12.9. The van der Waals surface area contributed by atoms with E-state index >= 15 is 0 Å². The van der Waals surface area contributed by atoms with Gasteiger partial charge in [0.25, 0.3) is 0 Å². The molecule has 0 radical (unpaired) electrons. The van der Waals surface area contributed by atoms with E-state index in [2.05, 4.69) is 31.3 Å². The van der Waals surface area contributed by atoms with Crippen molar-refractivity contribution in [1.29, 1.82) is 0 Å². The maximum atomic E-state index is 12.9. The van der Waals surface area contributed by atoms with E-state index in [1.807, 2.05) is 35.7 Å². The first-order valence-corrected chi connectivity index (χ1v) is 10.4. The number of para-hydroxylation sites is 1. The number of anilines is 1. The highest BCUT2D eigenvalue weighted by atomic mass is 35.5. The molecule has 2 aromatic carbocycles. The van der Waals surface area contributed by atoms with Crippen molar-refractivity contribution in [2.24, 2.45) is 0 Å². The molecule has 0 saturated carbocycles. The number of nitrogens with zero attached hydrogens (tertiary/aromatic N) is 2. The first-order chi connectivity index (χ1) is 14.3. The molecule has 2 aromatic heterocycles. The van der Waals surface area contributed by atoms with Crippen LogP contribution in [0.15, 0.2) is 54.7 Å². The number of fused-ring (bicyclic) bond motifs is 1. The summed E-state index contributed by atoms with van der Waals surface area (Å²) < 4.78 is 1.98. The van der Waals surface area contributed by atoms with Gasteiger partial charge in [-0.05, 0) is 61.7 Å². The number of pyridine rings is 1. The lowest BCUT2D eigenvalue weighted by atomic mass is 10.0. The van der Waals surface area contributed by atoms with Crippen LogP contribution in [0, 0.1) is 20.8 Å². The number of amides is 1. The van der Waals surface area contributed by atoms with E-state index in [9.17, 15) is 4.79 Å². The van der Waals surface area contributed by atoms with Gasteiger partial charge >= 0.3 is 0 Å². The van der Waals surface area contributed by atoms with Crippen molar-refractivity contribution in [3.8, 4) is 11.3 Å². The van der Waals surface area contributed by atoms with E-state index in [4.69, 9.17) is 28.2 Å². The Kier molecular flexibility index (Phi) is 5.54. The Morgan fingerprint density at radius 3 is 2.40 bits per heavy atom. The molecule has 0 saturated heterocycles. The number of carbonyl (C=O) groups is 1. The van der Waals surface area contributed by atoms with Crippen LogP contribution in [0.2, 0.25) is 10.0 Å². The largest absolute Gasteiger partial charge is 0.323 e. The third-order valence-corrected chi connectivity index (χ3v) is 5.91. The average Bonchev–Trinajstić information content (AvgIpc) is 3.07. The van der Waals surface area contributed by atoms with Gasteiger partial charge < -0.3 is 9.72 Å². The van der Waals surface area contributed by atoms with Crippen LogP contribution >= 0.6 is 23.2 Å². The van der Waals surface area contributed by atoms with E-state index in [1.165, 1.54) is 11.1 Å². The summed E-state index contributed by atoms with van der Waals surface area (Å²) in [6.45, 7) is 6.17. The molecule has 0 atom stereocenters. The Hall–Kier alpha value is -2.82. The highest BCUT2D eigenvalue weighted by Crippen LogP contribution is 2.31. The number of nitrogens with one attached hydrogen (secondary N) is 1. The number of imidazole rings is 1. The van der Waals surface area contributed by atoms with Gasteiger partial charge in [-0.3, -0.25) is 4.79 Å². The minimum atomic E-state index is -0.210. The maximum Gasteiger partial charge on any atom is 0.230 e. The van der Waals surface area contributed by atoms with Crippen molar-refractivity contribution in [3.63, 3.8) is 0 Å². The fourth-order valence-electron chi connectivity index (χ4n) is 3.49. The lowest BCUT2D eigenvalue weighted by Gasteiger charge is -2.11. The summed E-state index contributed by atoms with van der Waals surface area (Å²) in [5, 5.41) is 3.66. The molecule has 6 heteroatoms. The number of benzene rings is 2. The van der Waals surface area contributed by atoms with Crippen LogP contribution in [0.3, 0.4) is 0 Å². The van der Waals surface area contributed by atoms with Crippen LogP contribution in [-0.2, 0) is 11.2 Å². The molecular formula is C24H21Cl2N3O. The Balaban J connectivity index is 1.78. The molecule has 1 amide bonds. The third-order valence-electron chi connectivity index (χ3n) is 5.28. The van der Waals surface area contributed by atoms with Crippen LogP contribution in [-0.4, -0.2) is 15.3 Å². The number of aromatic nitrogens is 2. The first kappa shape index (κ1) is 20.5. The highest BCUT2D eigenvalue weighted by Gasteiger charge is 2.19. The van der Waals surface area contributed by atoms with Gasteiger partial charge in [0, 0.05) is 11.8 Å². The van der Waals surface area contributed by atoms with E-state index in [0.29, 0.717) is 15.7 Å². The Bertz CT molecular complexity index is 1260. The molecule has 4 nitrogen and oxygen atoms in total. The zero-order valence-electron chi connectivity index (χ0n) is 17.0. The van der Waals surface area contributed by atoms with Crippen molar-refractivity contribution in [3.05, 3.63) is 87.2 Å². The van der Waals surface area contributed by atoms with Gasteiger partial charge in [0.1, 0.15) is 5.65 Å². The van der Waals surface area contributed by atoms with Crippen LogP contribution < -0.4 is 5.32 Å². The summed E-state index contributed by atoms with van der Waals surface area (Å²) >= 11 is 12.4. The smallest absolute Gasteiger partial charge is 0.230 e. The average molecular weight is 438 g/mol. The number of hydrogen-bond donors (Lipinski definition) is 1. The molecule has 4 aromatic rings. The minimum absolute atomic E-state index is 0.133. The lowest BCUT2D eigenvalue weighted by Crippen LogP contribution is -2.16. The quantitative estimate of drug-likeness (QED) is 0.400. The third kappa shape index (κ3) is 3.81. The zero-order chi connectivity index (χ0) is 21.4. The van der Waals surface area contributed by atoms with Crippen molar-refractivity contribution in [2.45, 2.75) is 27.2 Å². The van der Waals surface area contributed by atoms with Gasteiger partial charge in [-0.1, -0.05) is 47.5 Å². The predicted molar refractivity (Wildman–Crippen MR) is 124 cm³/mol. The van der Waals surface area contributed by atoms with Gasteiger partial charge in [0.15, 0.2) is 0 Å². The van der Waals surface area contributed by atoms with Crippen molar-refractivity contribution < 1.29 is 4.79 Å². The molecule has 1 N–H and O–H groups in total.